The van der Waals surface area contributed by atoms with E-state index in [1.807, 2.05) is 60.6 Å². The summed E-state index contributed by atoms with van der Waals surface area (Å²) in [6.07, 6.45) is 0.257. The Balaban J connectivity index is 1.44. The van der Waals surface area contributed by atoms with Gasteiger partial charge >= 0.3 is 19.2 Å². The van der Waals surface area contributed by atoms with Crippen LogP contribution in [-0.2, 0) is 18.8 Å². The highest BCUT2D eigenvalue weighted by Gasteiger charge is 2.54. The van der Waals surface area contributed by atoms with Crippen molar-refractivity contribution < 1.29 is 28.4 Å². The lowest BCUT2D eigenvalue weighted by Gasteiger charge is -2.37. The van der Waals surface area contributed by atoms with Gasteiger partial charge in [0.15, 0.2) is 0 Å². The van der Waals surface area contributed by atoms with E-state index in [-0.39, 0.29) is 5.91 Å². The van der Waals surface area contributed by atoms with Gasteiger partial charge in [-0.05, 0) is 78.9 Å². The molecule has 4 rings (SSSR count). The lowest BCUT2D eigenvalue weighted by atomic mass is 9.79. The Morgan fingerprint density at radius 1 is 1.00 bits per heavy atom. The largest absolute Gasteiger partial charge is 0.494 e. The molecule has 0 saturated carbocycles. The van der Waals surface area contributed by atoms with Gasteiger partial charge in [-0.3, -0.25) is 4.79 Å². The summed E-state index contributed by atoms with van der Waals surface area (Å²) in [5, 5.41) is 2.88. The van der Waals surface area contributed by atoms with Gasteiger partial charge in [0.25, 0.3) is 5.91 Å². The van der Waals surface area contributed by atoms with Gasteiger partial charge in [-0.2, -0.15) is 0 Å². The molecule has 1 N–H and O–H groups in total. The first-order valence-electron chi connectivity index (χ1n) is 11.7. The minimum atomic E-state index is -1.01. The van der Waals surface area contributed by atoms with Crippen LogP contribution in [0.4, 0.5) is 15.3 Å². The minimum absolute atomic E-state index is 0.301. The van der Waals surface area contributed by atoms with Crippen molar-refractivity contribution in [1.82, 2.24) is 10.2 Å². The lowest BCUT2D eigenvalue weighted by Crippen LogP contribution is -2.56. The Morgan fingerprint density at radius 2 is 1.53 bits per heavy atom. The second kappa shape index (κ2) is 7.98. The van der Waals surface area contributed by atoms with Crippen LogP contribution < -0.4 is 15.7 Å². The summed E-state index contributed by atoms with van der Waals surface area (Å²) in [7, 11) is -0.523. The Labute approximate surface area is 201 Å². The molecule has 0 radical (unpaired) electrons. The van der Waals surface area contributed by atoms with Crippen LogP contribution in [0.15, 0.2) is 24.3 Å². The highest BCUT2D eigenvalue weighted by atomic mass is 16.7. The number of anilines is 1. The first kappa shape index (κ1) is 24.5. The summed E-state index contributed by atoms with van der Waals surface area (Å²) in [6, 6.07) is 6.63. The SMILES string of the molecule is CC(C)(C)OC(=O)N1CCC2(CC1)NC(=O)N(c1ccc(B3OC(C)(C)C(C)(C)O3)cc1)C2=O. The summed E-state index contributed by atoms with van der Waals surface area (Å²) < 4.78 is 17.6. The highest BCUT2D eigenvalue weighted by Crippen LogP contribution is 2.37. The number of ether oxygens (including phenoxy) is 1. The highest BCUT2D eigenvalue weighted by molar-refractivity contribution is 6.62. The number of hydrogen-bond donors (Lipinski definition) is 1. The molecule has 3 aliphatic heterocycles. The topological polar surface area (TPSA) is 97.4 Å². The first-order chi connectivity index (χ1) is 15.6. The number of rotatable bonds is 2. The average Bonchev–Trinajstić information content (AvgIpc) is 3.09. The number of carbonyl (C=O) groups excluding carboxylic acids is 3. The van der Waals surface area contributed by atoms with Crippen molar-refractivity contribution in [2.75, 3.05) is 18.0 Å². The maximum atomic E-state index is 13.4. The molecule has 0 unspecified atom stereocenters. The van der Waals surface area contributed by atoms with E-state index < -0.39 is 41.6 Å². The molecule has 4 amide bonds. The summed E-state index contributed by atoms with van der Waals surface area (Å²) in [5.41, 5.74) is -1.22. The summed E-state index contributed by atoms with van der Waals surface area (Å²) in [6.45, 7) is 14.0. The van der Waals surface area contributed by atoms with Crippen molar-refractivity contribution in [1.29, 1.82) is 0 Å². The molecule has 3 aliphatic rings. The number of hydrogen-bond acceptors (Lipinski definition) is 6. The molecule has 9 nitrogen and oxygen atoms in total. The van der Waals surface area contributed by atoms with Gasteiger partial charge in [0, 0.05) is 13.1 Å². The standard InChI is InChI=1S/C24H34BN3O6/c1-21(2,3)32-20(31)27-14-12-24(13-15-27)18(29)28(19(30)26-24)17-10-8-16(9-11-17)25-33-22(4,5)23(6,7)34-25/h8-11H,12-15H2,1-7H3,(H,26,30). The van der Waals surface area contributed by atoms with Crippen molar-refractivity contribution in [3.63, 3.8) is 0 Å². The molecule has 34 heavy (non-hydrogen) atoms. The van der Waals surface area contributed by atoms with Crippen LogP contribution in [0.5, 0.6) is 0 Å². The fourth-order valence-corrected chi connectivity index (χ4v) is 4.35. The maximum Gasteiger partial charge on any atom is 0.494 e. The van der Waals surface area contributed by atoms with Crippen LogP contribution in [0.1, 0.15) is 61.3 Å². The van der Waals surface area contributed by atoms with Crippen molar-refractivity contribution in [3.05, 3.63) is 24.3 Å². The minimum Gasteiger partial charge on any atom is -0.444 e. The molecule has 3 saturated heterocycles. The Kier molecular flexibility index (Phi) is 5.76. The van der Waals surface area contributed by atoms with Gasteiger partial charge in [0.1, 0.15) is 11.1 Å². The van der Waals surface area contributed by atoms with Gasteiger partial charge in [-0.25, -0.2) is 14.5 Å². The van der Waals surface area contributed by atoms with E-state index in [2.05, 4.69) is 5.32 Å². The van der Waals surface area contributed by atoms with Gasteiger partial charge in [0.2, 0.25) is 0 Å². The van der Waals surface area contributed by atoms with Crippen LogP contribution >= 0.6 is 0 Å². The number of piperidine rings is 1. The van der Waals surface area contributed by atoms with E-state index in [9.17, 15) is 14.4 Å². The Morgan fingerprint density at radius 3 is 2.03 bits per heavy atom. The summed E-state index contributed by atoms with van der Waals surface area (Å²) in [4.78, 5) is 41.3. The van der Waals surface area contributed by atoms with Crippen LogP contribution in [0.3, 0.4) is 0 Å². The predicted octanol–water partition coefficient (Wildman–Crippen LogP) is 2.81. The zero-order valence-electron chi connectivity index (χ0n) is 21.1. The van der Waals surface area contributed by atoms with Crippen molar-refractivity contribution in [3.8, 4) is 0 Å². The molecule has 184 valence electrons. The van der Waals surface area contributed by atoms with Crippen molar-refractivity contribution in [2.24, 2.45) is 0 Å². The quantitative estimate of drug-likeness (QED) is 0.527. The van der Waals surface area contributed by atoms with E-state index >= 15 is 0 Å². The fraction of sp³-hybridized carbons (Fsp3) is 0.625. The van der Waals surface area contributed by atoms with Crippen molar-refractivity contribution in [2.45, 2.75) is 83.6 Å². The molecule has 1 aromatic carbocycles. The number of nitrogens with one attached hydrogen (secondary N) is 1. The van der Waals surface area contributed by atoms with Crippen LogP contribution in [0.25, 0.3) is 0 Å². The van der Waals surface area contributed by atoms with Crippen molar-refractivity contribution >= 4 is 36.3 Å². The molecule has 10 heteroatoms. The fourth-order valence-electron chi connectivity index (χ4n) is 4.35. The molecule has 0 aliphatic carbocycles. The molecule has 3 fully saturated rings. The van der Waals surface area contributed by atoms with Crippen LogP contribution in [-0.4, -0.2) is 65.5 Å². The number of benzene rings is 1. The number of urea groups is 1. The van der Waals surface area contributed by atoms with Crippen LogP contribution in [0.2, 0.25) is 0 Å². The number of amides is 4. The first-order valence-corrected chi connectivity index (χ1v) is 11.7. The van der Waals surface area contributed by atoms with E-state index in [4.69, 9.17) is 14.0 Å². The predicted molar refractivity (Wildman–Crippen MR) is 128 cm³/mol. The van der Waals surface area contributed by atoms with E-state index in [1.54, 1.807) is 17.0 Å². The number of nitrogens with zero attached hydrogens (tertiary/aromatic N) is 2. The normalized spacial score (nSPS) is 23.4. The van der Waals surface area contributed by atoms with Gasteiger partial charge < -0.3 is 24.3 Å². The Hall–Kier alpha value is -2.59. The van der Waals surface area contributed by atoms with E-state index in [0.29, 0.717) is 31.6 Å². The third-order valence-electron chi connectivity index (χ3n) is 7.11. The van der Waals surface area contributed by atoms with E-state index in [0.717, 1.165) is 5.46 Å². The number of likely N-dealkylation sites (tertiary alicyclic amines) is 1. The smallest absolute Gasteiger partial charge is 0.444 e. The van der Waals surface area contributed by atoms with Crippen LogP contribution in [0, 0.1) is 0 Å². The van der Waals surface area contributed by atoms with Gasteiger partial charge in [-0.1, -0.05) is 12.1 Å². The summed E-state index contributed by atoms with van der Waals surface area (Å²) in [5.74, 6) is -0.301. The van der Waals surface area contributed by atoms with Gasteiger partial charge in [-0.15, -0.1) is 0 Å². The maximum absolute atomic E-state index is 13.4. The lowest BCUT2D eigenvalue weighted by molar-refractivity contribution is -0.123. The second-order valence-corrected chi connectivity index (χ2v) is 11.3. The molecule has 0 aromatic heterocycles. The zero-order chi connectivity index (χ0) is 25.1. The third kappa shape index (κ3) is 4.29. The Bertz CT molecular complexity index is 977. The molecule has 0 atom stereocenters. The second-order valence-electron chi connectivity index (χ2n) is 11.3. The van der Waals surface area contributed by atoms with Gasteiger partial charge in [0.05, 0.1) is 16.9 Å². The summed E-state index contributed by atoms with van der Waals surface area (Å²) >= 11 is 0. The molecular formula is C24H34BN3O6. The number of imide groups is 1. The monoisotopic (exact) mass is 471 g/mol. The number of carbonyl (C=O) groups is 3. The molecule has 0 bridgehead atoms. The molecule has 1 aromatic rings. The molecular weight excluding hydrogens is 437 g/mol. The average molecular weight is 471 g/mol. The molecule has 3 heterocycles. The zero-order valence-corrected chi connectivity index (χ0v) is 21.1. The third-order valence-corrected chi connectivity index (χ3v) is 7.11. The molecule has 1 spiro atoms. The van der Waals surface area contributed by atoms with E-state index in [1.165, 1.54) is 4.90 Å².